The first kappa shape index (κ1) is 15.7. The summed E-state index contributed by atoms with van der Waals surface area (Å²) in [5, 5.41) is 2.41. The monoisotopic (exact) mass is 334 g/mol. The van der Waals surface area contributed by atoms with Crippen molar-refractivity contribution in [1.82, 2.24) is 14.5 Å². The number of nitrogens with zero attached hydrogens (tertiary/aromatic N) is 3. The molecule has 0 aliphatic carbocycles. The number of carbonyl (C=O) groups excluding carboxylic acids is 2. The molecule has 23 heavy (non-hydrogen) atoms. The number of fused-ring (bicyclic) bond motifs is 1. The summed E-state index contributed by atoms with van der Waals surface area (Å²) in [6, 6.07) is 1.75. The zero-order chi connectivity index (χ0) is 16.4. The van der Waals surface area contributed by atoms with Crippen molar-refractivity contribution in [1.29, 1.82) is 0 Å². The molecule has 0 spiro atoms. The fourth-order valence-corrected chi connectivity index (χ4v) is 3.59. The average molecular weight is 334 g/mol. The number of rotatable bonds is 4. The van der Waals surface area contributed by atoms with E-state index >= 15 is 0 Å². The van der Waals surface area contributed by atoms with Gasteiger partial charge >= 0.3 is 0 Å². The highest BCUT2D eigenvalue weighted by Gasteiger charge is 2.26. The van der Waals surface area contributed by atoms with Gasteiger partial charge in [-0.05, 0) is 24.3 Å². The Kier molecular flexibility index (Phi) is 4.42. The highest BCUT2D eigenvalue weighted by Crippen LogP contribution is 2.17. The van der Waals surface area contributed by atoms with Crippen LogP contribution in [0.2, 0.25) is 0 Å². The minimum Gasteiger partial charge on any atom is -0.369 e. The molecule has 1 fully saturated rings. The third kappa shape index (κ3) is 3.26. The van der Waals surface area contributed by atoms with Crippen molar-refractivity contribution in [2.75, 3.05) is 13.1 Å². The second kappa shape index (κ2) is 6.49. The molecule has 7 nitrogen and oxygen atoms in total. The second-order valence-corrected chi connectivity index (χ2v) is 6.61. The third-order valence-electron chi connectivity index (χ3n) is 4.19. The highest BCUT2D eigenvalue weighted by molar-refractivity contribution is 7.16. The van der Waals surface area contributed by atoms with E-state index < -0.39 is 0 Å². The summed E-state index contributed by atoms with van der Waals surface area (Å²) in [4.78, 5) is 42.4. The van der Waals surface area contributed by atoms with Crippen LogP contribution in [0.25, 0.3) is 10.2 Å². The van der Waals surface area contributed by atoms with Gasteiger partial charge in [-0.15, -0.1) is 11.3 Å². The van der Waals surface area contributed by atoms with Crippen molar-refractivity contribution in [3.8, 4) is 0 Å². The van der Waals surface area contributed by atoms with Crippen LogP contribution < -0.4 is 11.3 Å². The van der Waals surface area contributed by atoms with Gasteiger partial charge in [0.2, 0.25) is 11.8 Å². The van der Waals surface area contributed by atoms with Crippen LogP contribution in [0.5, 0.6) is 0 Å². The molecular formula is C15H18N4O3S. The molecule has 1 atom stereocenters. The van der Waals surface area contributed by atoms with E-state index in [1.54, 1.807) is 11.0 Å². The van der Waals surface area contributed by atoms with Crippen LogP contribution in [0.3, 0.4) is 0 Å². The average Bonchev–Trinajstić information content (AvgIpc) is 3.03. The molecule has 0 bridgehead atoms. The van der Waals surface area contributed by atoms with Crippen LogP contribution >= 0.6 is 11.3 Å². The first-order valence-corrected chi connectivity index (χ1v) is 8.44. The Morgan fingerprint density at radius 3 is 3.04 bits per heavy atom. The van der Waals surface area contributed by atoms with Gasteiger partial charge in [-0.3, -0.25) is 19.0 Å². The lowest BCUT2D eigenvalue weighted by Gasteiger charge is -2.31. The van der Waals surface area contributed by atoms with Gasteiger partial charge in [-0.1, -0.05) is 0 Å². The quantitative estimate of drug-likeness (QED) is 0.884. The van der Waals surface area contributed by atoms with Crippen LogP contribution in [0, 0.1) is 5.92 Å². The molecule has 2 aromatic heterocycles. The van der Waals surface area contributed by atoms with Crippen molar-refractivity contribution < 1.29 is 9.59 Å². The molecule has 8 heteroatoms. The molecular weight excluding hydrogens is 316 g/mol. The van der Waals surface area contributed by atoms with Crippen molar-refractivity contribution in [2.45, 2.75) is 25.8 Å². The predicted octanol–water partition coefficient (Wildman–Crippen LogP) is 0.572. The number of nitrogens with two attached hydrogens (primary N) is 1. The second-order valence-electron chi connectivity index (χ2n) is 5.71. The summed E-state index contributed by atoms with van der Waals surface area (Å²) in [6.45, 7) is 1.30. The van der Waals surface area contributed by atoms with Crippen LogP contribution in [-0.4, -0.2) is 39.4 Å². The summed E-state index contributed by atoms with van der Waals surface area (Å²) in [6.07, 6.45) is 3.21. The van der Waals surface area contributed by atoms with E-state index in [-0.39, 0.29) is 36.3 Å². The molecule has 1 unspecified atom stereocenters. The number of aromatic nitrogens is 2. The van der Waals surface area contributed by atoms with E-state index in [4.69, 9.17) is 5.73 Å². The SMILES string of the molecule is NC(=O)C1CCCN(C(=O)CCn2cnc3sccc3c2=O)C1. The van der Waals surface area contributed by atoms with Crippen molar-refractivity contribution in [3.63, 3.8) is 0 Å². The smallest absolute Gasteiger partial charge is 0.262 e. The molecule has 1 aliphatic heterocycles. The van der Waals surface area contributed by atoms with Crippen LogP contribution in [-0.2, 0) is 16.1 Å². The number of carbonyl (C=O) groups is 2. The molecule has 2 aromatic rings. The van der Waals surface area contributed by atoms with E-state index in [0.717, 1.165) is 12.8 Å². The molecule has 2 N–H and O–H groups in total. The minimum absolute atomic E-state index is 0.0618. The molecule has 3 heterocycles. The molecule has 0 radical (unpaired) electrons. The summed E-state index contributed by atoms with van der Waals surface area (Å²) in [5.74, 6) is -0.682. The number of primary amides is 1. The van der Waals surface area contributed by atoms with Crippen LogP contribution in [0.4, 0.5) is 0 Å². The standard InChI is InChI=1S/C15H18N4O3S/c16-13(21)10-2-1-5-18(8-10)12(20)3-6-19-9-17-14-11(15(19)22)4-7-23-14/h4,7,9-10H,1-3,5-6,8H2,(H2,16,21). The zero-order valence-electron chi connectivity index (χ0n) is 12.6. The maximum atomic E-state index is 12.3. The number of likely N-dealkylation sites (tertiary alicyclic amines) is 1. The Bertz CT molecular complexity index is 797. The fraction of sp³-hybridized carbons (Fsp3) is 0.467. The normalized spacial score (nSPS) is 18.3. The largest absolute Gasteiger partial charge is 0.369 e. The maximum absolute atomic E-state index is 12.3. The number of hydrogen-bond acceptors (Lipinski definition) is 5. The van der Waals surface area contributed by atoms with Crippen molar-refractivity contribution in [3.05, 3.63) is 28.1 Å². The molecule has 3 rings (SSSR count). The van der Waals surface area contributed by atoms with E-state index in [1.807, 2.05) is 5.38 Å². The van der Waals surface area contributed by atoms with E-state index in [1.165, 1.54) is 22.2 Å². The molecule has 0 aromatic carbocycles. The summed E-state index contributed by atoms with van der Waals surface area (Å²) < 4.78 is 1.46. The van der Waals surface area contributed by atoms with Gasteiger partial charge in [0.05, 0.1) is 17.6 Å². The first-order chi connectivity index (χ1) is 11.1. The Labute approximate surface area is 136 Å². The van der Waals surface area contributed by atoms with Gasteiger partial charge in [-0.25, -0.2) is 4.98 Å². The summed E-state index contributed by atoms with van der Waals surface area (Å²) >= 11 is 1.42. The molecule has 2 amide bonds. The van der Waals surface area contributed by atoms with Gasteiger partial charge in [0.1, 0.15) is 4.83 Å². The number of piperidine rings is 1. The Morgan fingerprint density at radius 2 is 2.26 bits per heavy atom. The lowest BCUT2D eigenvalue weighted by Crippen LogP contribution is -2.44. The van der Waals surface area contributed by atoms with Crippen molar-refractivity contribution in [2.24, 2.45) is 11.7 Å². The summed E-state index contributed by atoms with van der Waals surface area (Å²) in [7, 11) is 0. The minimum atomic E-state index is -0.356. The third-order valence-corrected chi connectivity index (χ3v) is 5.01. The Hall–Kier alpha value is -2.22. The first-order valence-electron chi connectivity index (χ1n) is 7.56. The van der Waals surface area contributed by atoms with Gasteiger partial charge < -0.3 is 10.6 Å². The maximum Gasteiger partial charge on any atom is 0.262 e. The summed E-state index contributed by atoms with van der Waals surface area (Å²) in [5.41, 5.74) is 5.20. The zero-order valence-corrected chi connectivity index (χ0v) is 13.4. The van der Waals surface area contributed by atoms with Crippen LogP contribution in [0.1, 0.15) is 19.3 Å². The Morgan fingerprint density at radius 1 is 1.43 bits per heavy atom. The number of thiophene rings is 1. The Balaban J connectivity index is 1.65. The number of amides is 2. The molecule has 1 saturated heterocycles. The van der Waals surface area contributed by atoms with Gasteiger partial charge in [0.15, 0.2) is 0 Å². The molecule has 122 valence electrons. The van der Waals surface area contributed by atoms with Gasteiger partial charge in [-0.2, -0.15) is 0 Å². The lowest BCUT2D eigenvalue weighted by molar-refractivity contribution is -0.135. The number of hydrogen-bond donors (Lipinski definition) is 1. The fourth-order valence-electron chi connectivity index (χ4n) is 2.86. The molecule has 1 aliphatic rings. The van der Waals surface area contributed by atoms with E-state index in [2.05, 4.69) is 4.98 Å². The van der Waals surface area contributed by atoms with E-state index in [0.29, 0.717) is 23.3 Å². The number of aryl methyl sites for hydroxylation is 1. The van der Waals surface area contributed by atoms with Gasteiger partial charge in [0, 0.05) is 26.1 Å². The molecule has 0 saturated carbocycles. The van der Waals surface area contributed by atoms with Crippen LogP contribution in [0.15, 0.2) is 22.6 Å². The van der Waals surface area contributed by atoms with Gasteiger partial charge in [0.25, 0.3) is 5.56 Å². The topological polar surface area (TPSA) is 98.3 Å². The lowest BCUT2D eigenvalue weighted by atomic mass is 9.97. The van der Waals surface area contributed by atoms with Crippen molar-refractivity contribution >= 4 is 33.4 Å². The highest BCUT2D eigenvalue weighted by atomic mass is 32.1. The van der Waals surface area contributed by atoms with E-state index in [9.17, 15) is 14.4 Å². The predicted molar refractivity (Wildman–Crippen MR) is 87.0 cm³/mol.